The third-order valence-electron chi connectivity index (χ3n) is 5.64. The summed E-state index contributed by atoms with van der Waals surface area (Å²) in [4.78, 5) is 16.6. The van der Waals surface area contributed by atoms with Crippen LogP contribution >= 0.6 is 11.3 Å². The zero-order valence-corrected chi connectivity index (χ0v) is 22.6. The summed E-state index contributed by atoms with van der Waals surface area (Å²) in [5.74, 6) is 1.46. The number of rotatable bonds is 6. The van der Waals surface area contributed by atoms with E-state index >= 15 is 0 Å². The molecule has 5 rings (SSSR count). The standard InChI is InChI=1S/C14H12N2O3S.C10H15N.2C2H6/c17-12(16-13-15-5-6-20-13)14(3-4-14)9-1-2-10-11(7-9)19-8-18-10;1-9(11-2)8-10-6-4-3-5-7-10;2*1-2/h1-2,5-7H,3-4,8H2,(H,15,16,17);3-7,9,11H,8H2,1-2H3;2*1-2H3. The van der Waals surface area contributed by atoms with Crippen LogP contribution in [0.5, 0.6) is 11.5 Å². The van der Waals surface area contributed by atoms with Gasteiger partial charge in [0.1, 0.15) is 0 Å². The van der Waals surface area contributed by atoms with E-state index in [1.54, 1.807) is 6.20 Å². The van der Waals surface area contributed by atoms with Crippen LogP contribution in [-0.4, -0.2) is 30.8 Å². The molecule has 2 aliphatic rings. The van der Waals surface area contributed by atoms with Crippen LogP contribution in [0, 0.1) is 0 Å². The molecule has 190 valence electrons. The lowest BCUT2D eigenvalue weighted by molar-refractivity contribution is -0.118. The highest BCUT2D eigenvalue weighted by molar-refractivity contribution is 7.13. The van der Waals surface area contributed by atoms with Crippen molar-refractivity contribution in [3.05, 3.63) is 71.2 Å². The Morgan fingerprint density at radius 3 is 2.34 bits per heavy atom. The van der Waals surface area contributed by atoms with Gasteiger partial charge >= 0.3 is 0 Å². The molecule has 1 amide bonds. The fraction of sp³-hybridized carbons (Fsp3) is 0.429. The van der Waals surface area contributed by atoms with Crippen molar-refractivity contribution < 1.29 is 14.3 Å². The maximum atomic E-state index is 12.5. The predicted octanol–water partition coefficient (Wildman–Crippen LogP) is 6.43. The van der Waals surface area contributed by atoms with Gasteiger partial charge < -0.3 is 20.1 Å². The van der Waals surface area contributed by atoms with E-state index in [0.717, 1.165) is 36.3 Å². The quantitative estimate of drug-likeness (QED) is 0.410. The molecule has 1 aliphatic heterocycles. The third-order valence-corrected chi connectivity index (χ3v) is 6.33. The average molecular weight is 498 g/mol. The summed E-state index contributed by atoms with van der Waals surface area (Å²) in [6, 6.07) is 16.8. The van der Waals surface area contributed by atoms with Crippen molar-refractivity contribution in [2.24, 2.45) is 0 Å². The molecule has 1 fully saturated rings. The highest BCUT2D eigenvalue weighted by atomic mass is 32.1. The summed E-state index contributed by atoms with van der Waals surface area (Å²) in [5, 5.41) is 8.58. The van der Waals surface area contributed by atoms with Crippen LogP contribution in [0.3, 0.4) is 0 Å². The number of thiazole rings is 1. The number of fused-ring (bicyclic) bond motifs is 1. The molecule has 1 unspecified atom stereocenters. The van der Waals surface area contributed by atoms with Gasteiger partial charge in [0, 0.05) is 17.6 Å². The molecule has 7 heteroatoms. The van der Waals surface area contributed by atoms with Crippen molar-refractivity contribution in [3.63, 3.8) is 0 Å². The van der Waals surface area contributed by atoms with Crippen LogP contribution in [0.1, 0.15) is 58.6 Å². The lowest BCUT2D eigenvalue weighted by Crippen LogP contribution is -2.27. The molecular formula is C28H39N3O3S. The van der Waals surface area contributed by atoms with E-state index < -0.39 is 5.41 Å². The Kier molecular flexibility index (Phi) is 11.7. The average Bonchev–Trinajstić information content (AvgIpc) is 3.32. The van der Waals surface area contributed by atoms with Gasteiger partial charge in [-0.3, -0.25) is 4.79 Å². The monoisotopic (exact) mass is 497 g/mol. The van der Waals surface area contributed by atoms with Crippen molar-refractivity contribution in [3.8, 4) is 11.5 Å². The molecule has 0 bridgehead atoms. The fourth-order valence-corrected chi connectivity index (χ4v) is 4.06. The Balaban J connectivity index is 0.000000246. The lowest BCUT2D eigenvalue weighted by Gasteiger charge is -2.15. The molecule has 1 saturated carbocycles. The summed E-state index contributed by atoms with van der Waals surface area (Å²) in [6.07, 6.45) is 4.49. The third kappa shape index (κ3) is 7.80. The van der Waals surface area contributed by atoms with E-state index in [1.807, 2.05) is 64.4 Å². The number of hydrogen-bond donors (Lipinski definition) is 2. The normalized spacial score (nSPS) is 14.6. The number of nitrogens with zero attached hydrogens (tertiary/aromatic N) is 1. The molecule has 1 atom stereocenters. The fourth-order valence-electron chi connectivity index (χ4n) is 3.54. The molecule has 35 heavy (non-hydrogen) atoms. The molecule has 0 spiro atoms. The van der Waals surface area contributed by atoms with Gasteiger partial charge in [0.2, 0.25) is 12.7 Å². The van der Waals surface area contributed by atoms with Gasteiger partial charge in [-0.25, -0.2) is 4.98 Å². The zero-order chi connectivity index (χ0) is 25.7. The number of aromatic nitrogens is 1. The molecular weight excluding hydrogens is 458 g/mol. The first-order chi connectivity index (χ1) is 17.1. The second-order valence-corrected chi connectivity index (χ2v) is 8.72. The highest BCUT2D eigenvalue weighted by Crippen LogP contribution is 2.51. The Hall–Kier alpha value is -2.90. The highest BCUT2D eigenvalue weighted by Gasteiger charge is 2.51. The minimum atomic E-state index is -0.438. The van der Waals surface area contributed by atoms with Crippen LogP contribution in [0.15, 0.2) is 60.1 Å². The van der Waals surface area contributed by atoms with Crippen molar-refractivity contribution in [1.82, 2.24) is 10.3 Å². The zero-order valence-electron chi connectivity index (χ0n) is 21.8. The van der Waals surface area contributed by atoms with E-state index in [1.165, 1.54) is 16.9 Å². The van der Waals surface area contributed by atoms with Crippen LogP contribution in [-0.2, 0) is 16.6 Å². The lowest BCUT2D eigenvalue weighted by atomic mass is 9.94. The van der Waals surface area contributed by atoms with Crippen molar-refractivity contribution in [2.75, 3.05) is 19.2 Å². The molecule has 2 aromatic carbocycles. The van der Waals surface area contributed by atoms with Gasteiger partial charge in [0.25, 0.3) is 0 Å². The number of amides is 1. The van der Waals surface area contributed by atoms with E-state index in [9.17, 15) is 4.79 Å². The Morgan fingerprint density at radius 1 is 1.06 bits per heavy atom. The van der Waals surface area contributed by atoms with Gasteiger partial charge in [-0.1, -0.05) is 64.1 Å². The van der Waals surface area contributed by atoms with Crippen molar-refractivity contribution in [1.29, 1.82) is 0 Å². The topological polar surface area (TPSA) is 72.5 Å². The molecule has 0 radical (unpaired) electrons. The molecule has 1 aromatic heterocycles. The van der Waals surface area contributed by atoms with Crippen LogP contribution in [0.25, 0.3) is 0 Å². The number of benzene rings is 2. The summed E-state index contributed by atoms with van der Waals surface area (Å²) in [6.45, 7) is 10.4. The summed E-state index contributed by atoms with van der Waals surface area (Å²) in [5.41, 5.74) is 1.94. The molecule has 0 saturated heterocycles. The van der Waals surface area contributed by atoms with Crippen molar-refractivity contribution >= 4 is 22.4 Å². The smallest absolute Gasteiger partial charge is 0.236 e. The Labute approximate surface area is 214 Å². The summed E-state index contributed by atoms with van der Waals surface area (Å²) >= 11 is 1.42. The SMILES string of the molecule is CC.CC.CNC(C)Cc1ccccc1.O=C(Nc1nccs1)C1(c2ccc3c(c2)OCO3)CC1. The molecule has 3 aromatic rings. The maximum absolute atomic E-state index is 12.5. The first kappa shape index (κ1) is 28.3. The second kappa shape index (κ2) is 14.5. The maximum Gasteiger partial charge on any atom is 0.236 e. The second-order valence-electron chi connectivity index (χ2n) is 7.82. The molecule has 2 N–H and O–H groups in total. The number of nitrogens with one attached hydrogen (secondary N) is 2. The van der Waals surface area contributed by atoms with E-state index in [-0.39, 0.29) is 12.7 Å². The van der Waals surface area contributed by atoms with Crippen LogP contribution in [0.4, 0.5) is 5.13 Å². The van der Waals surface area contributed by atoms with Gasteiger partial charge in [-0.2, -0.15) is 0 Å². The number of ether oxygens (including phenoxy) is 2. The summed E-state index contributed by atoms with van der Waals surface area (Å²) in [7, 11) is 1.99. The van der Waals surface area contributed by atoms with Gasteiger partial charge in [-0.15, -0.1) is 11.3 Å². The minimum Gasteiger partial charge on any atom is -0.454 e. The van der Waals surface area contributed by atoms with Crippen molar-refractivity contribution in [2.45, 2.75) is 65.3 Å². The first-order valence-electron chi connectivity index (χ1n) is 12.4. The number of carbonyl (C=O) groups excluding carboxylic acids is 1. The first-order valence-corrected chi connectivity index (χ1v) is 13.3. The molecule has 6 nitrogen and oxygen atoms in total. The summed E-state index contributed by atoms with van der Waals surface area (Å²) < 4.78 is 10.7. The number of anilines is 1. The van der Waals surface area contributed by atoms with Gasteiger partial charge in [0.15, 0.2) is 16.6 Å². The number of likely N-dealkylation sites (N-methyl/N-ethyl adjacent to an activating group) is 1. The number of hydrogen-bond acceptors (Lipinski definition) is 6. The minimum absolute atomic E-state index is 0.00585. The van der Waals surface area contributed by atoms with Gasteiger partial charge in [-0.05, 0) is 56.5 Å². The van der Waals surface area contributed by atoms with Crippen LogP contribution < -0.4 is 20.1 Å². The number of carbonyl (C=O) groups is 1. The van der Waals surface area contributed by atoms with E-state index in [2.05, 4.69) is 46.8 Å². The van der Waals surface area contributed by atoms with E-state index in [4.69, 9.17) is 9.47 Å². The van der Waals surface area contributed by atoms with Gasteiger partial charge in [0.05, 0.1) is 5.41 Å². The van der Waals surface area contributed by atoms with E-state index in [0.29, 0.717) is 11.2 Å². The van der Waals surface area contributed by atoms with Crippen LogP contribution in [0.2, 0.25) is 0 Å². The molecule has 1 aliphatic carbocycles. The predicted molar refractivity (Wildman–Crippen MR) is 146 cm³/mol. The molecule has 2 heterocycles. The largest absolute Gasteiger partial charge is 0.454 e. The Bertz CT molecular complexity index is 1010. The Morgan fingerprint density at radius 2 is 1.74 bits per heavy atom.